The van der Waals surface area contributed by atoms with E-state index in [0.717, 1.165) is 12.8 Å². The summed E-state index contributed by atoms with van der Waals surface area (Å²) in [5.41, 5.74) is 5.94. The van der Waals surface area contributed by atoms with Crippen LogP contribution in [0.25, 0.3) is 0 Å². The van der Waals surface area contributed by atoms with Crippen LogP contribution in [-0.2, 0) is 4.79 Å². The van der Waals surface area contributed by atoms with Crippen LogP contribution in [0.4, 0.5) is 0 Å². The number of likely N-dealkylation sites (tertiary alicyclic amines) is 1. The third-order valence-electron chi connectivity index (χ3n) is 4.37. The van der Waals surface area contributed by atoms with E-state index in [1.54, 1.807) is 35.4 Å². The predicted molar refractivity (Wildman–Crippen MR) is 114 cm³/mol. The number of nitrogens with two attached hydrogens (primary N) is 1. The van der Waals surface area contributed by atoms with Gasteiger partial charge in [-0.25, -0.2) is 4.98 Å². The Morgan fingerprint density at radius 1 is 1.28 bits per heavy atom. The minimum atomic E-state index is -0.201. The zero-order valence-corrected chi connectivity index (χ0v) is 17.5. The van der Waals surface area contributed by atoms with Gasteiger partial charge in [-0.2, -0.15) is 0 Å². The summed E-state index contributed by atoms with van der Waals surface area (Å²) in [4.78, 5) is 34.8. The Morgan fingerprint density at radius 3 is 2.83 bits per heavy atom. The number of aromatic nitrogens is 2. The van der Waals surface area contributed by atoms with Gasteiger partial charge in [0.05, 0.1) is 12.1 Å². The van der Waals surface area contributed by atoms with Crippen LogP contribution in [0.15, 0.2) is 42.9 Å². The highest BCUT2D eigenvalue weighted by molar-refractivity contribution is 5.95. The first-order chi connectivity index (χ1) is 13.2. The van der Waals surface area contributed by atoms with E-state index < -0.39 is 0 Å². The Morgan fingerprint density at radius 2 is 2.10 bits per heavy atom. The number of ether oxygens (including phenoxy) is 1. The normalized spacial score (nSPS) is 15.5. The molecule has 1 aromatic heterocycles. The molecule has 0 spiro atoms. The second kappa shape index (κ2) is 12.2. The molecule has 0 saturated carbocycles. The van der Waals surface area contributed by atoms with E-state index in [-0.39, 0.29) is 42.5 Å². The molecule has 1 unspecified atom stereocenters. The molecule has 1 aromatic carbocycles. The first-order valence-electron chi connectivity index (χ1n) is 8.98. The van der Waals surface area contributed by atoms with Gasteiger partial charge >= 0.3 is 0 Å². The number of piperidine rings is 1. The highest BCUT2D eigenvalue weighted by atomic mass is 35.5. The van der Waals surface area contributed by atoms with Crippen LogP contribution in [0.3, 0.4) is 0 Å². The number of amides is 2. The number of rotatable bonds is 6. The molecule has 1 atom stereocenters. The van der Waals surface area contributed by atoms with E-state index in [1.807, 2.05) is 0 Å². The summed E-state index contributed by atoms with van der Waals surface area (Å²) >= 11 is 0. The second-order valence-electron chi connectivity index (χ2n) is 6.34. The lowest BCUT2D eigenvalue weighted by Gasteiger charge is -2.32. The molecule has 2 amide bonds. The van der Waals surface area contributed by atoms with Crippen molar-refractivity contribution in [3.63, 3.8) is 0 Å². The van der Waals surface area contributed by atoms with Crippen molar-refractivity contribution in [2.24, 2.45) is 11.7 Å². The summed E-state index contributed by atoms with van der Waals surface area (Å²) in [5, 5.41) is 2.80. The first kappa shape index (κ1) is 24.6. The molecular formula is C19H25Cl2N5O3. The molecule has 0 bridgehead atoms. The van der Waals surface area contributed by atoms with Crippen molar-refractivity contribution in [3.05, 3.63) is 48.4 Å². The molecule has 2 aromatic rings. The lowest BCUT2D eigenvalue weighted by Crippen LogP contribution is -2.46. The van der Waals surface area contributed by atoms with Crippen molar-refractivity contribution >= 4 is 36.6 Å². The van der Waals surface area contributed by atoms with Crippen molar-refractivity contribution in [2.45, 2.75) is 12.8 Å². The zero-order valence-electron chi connectivity index (χ0n) is 15.8. The molecule has 29 heavy (non-hydrogen) atoms. The molecule has 0 radical (unpaired) electrons. The Kier molecular flexibility index (Phi) is 10.4. The first-order valence-corrected chi connectivity index (χ1v) is 8.98. The minimum Gasteiger partial charge on any atom is -0.437 e. The fourth-order valence-electron chi connectivity index (χ4n) is 3.05. The lowest BCUT2D eigenvalue weighted by atomic mass is 9.96. The molecule has 1 saturated heterocycles. The molecule has 3 rings (SSSR count). The predicted octanol–water partition coefficient (Wildman–Crippen LogP) is 2.04. The SMILES string of the molecule is Cl.Cl.NCCNC(=O)C1CCCN(C(=O)c2cccc(Oc3cnccn3)c2)C1. The van der Waals surface area contributed by atoms with Gasteiger partial charge < -0.3 is 20.7 Å². The van der Waals surface area contributed by atoms with E-state index in [0.29, 0.717) is 43.4 Å². The van der Waals surface area contributed by atoms with Gasteiger partial charge in [0.2, 0.25) is 11.8 Å². The van der Waals surface area contributed by atoms with Crippen molar-refractivity contribution in [3.8, 4) is 11.6 Å². The molecule has 1 fully saturated rings. The van der Waals surface area contributed by atoms with Crippen LogP contribution in [0.5, 0.6) is 11.6 Å². The minimum absolute atomic E-state index is 0. The summed E-state index contributed by atoms with van der Waals surface area (Å²) in [5.74, 6) is 0.509. The fourth-order valence-corrected chi connectivity index (χ4v) is 3.05. The Labute approximate surface area is 182 Å². The zero-order chi connectivity index (χ0) is 19.1. The Balaban J connectivity index is 0.00000210. The number of carbonyl (C=O) groups excluding carboxylic acids is 2. The highest BCUT2D eigenvalue weighted by Gasteiger charge is 2.28. The third-order valence-corrected chi connectivity index (χ3v) is 4.37. The van der Waals surface area contributed by atoms with E-state index in [9.17, 15) is 9.59 Å². The van der Waals surface area contributed by atoms with Gasteiger partial charge in [-0.1, -0.05) is 6.07 Å². The quantitative estimate of drug-likeness (QED) is 0.709. The second-order valence-corrected chi connectivity index (χ2v) is 6.34. The van der Waals surface area contributed by atoms with Gasteiger partial charge in [-0.05, 0) is 31.0 Å². The van der Waals surface area contributed by atoms with E-state index in [1.165, 1.54) is 12.4 Å². The maximum absolute atomic E-state index is 12.9. The van der Waals surface area contributed by atoms with Crippen molar-refractivity contribution in [2.75, 3.05) is 26.2 Å². The number of hydrogen-bond acceptors (Lipinski definition) is 6. The van der Waals surface area contributed by atoms with Gasteiger partial charge in [-0.3, -0.25) is 14.6 Å². The van der Waals surface area contributed by atoms with Gasteiger partial charge in [0, 0.05) is 44.1 Å². The summed E-state index contributed by atoms with van der Waals surface area (Å²) in [7, 11) is 0. The number of carbonyl (C=O) groups is 2. The average Bonchev–Trinajstić information content (AvgIpc) is 2.72. The maximum Gasteiger partial charge on any atom is 0.254 e. The van der Waals surface area contributed by atoms with Crippen LogP contribution < -0.4 is 15.8 Å². The summed E-state index contributed by atoms with van der Waals surface area (Å²) < 4.78 is 5.64. The topological polar surface area (TPSA) is 110 Å². The monoisotopic (exact) mass is 441 g/mol. The third kappa shape index (κ3) is 6.85. The van der Waals surface area contributed by atoms with Gasteiger partial charge in [-0.15, -0.1) is 24.8 Å². The largest absolute Gasteiger partial charge is 0.437 e. The molecule has 1 aliphatic rings. The smallest absolute Gasteiger partial charge is 0.254 e. The van der Waals surface area contributed by atoms with Crippen molar-refractivity contribution in [1.29, 1.82) is 0 Å². The number of hydrogen-bond donors (Lipinski definition) is 2. The van der Waals surface area contributed by atoms with Crippen molar-refractivity contribution < 1.29 is 14.3 Å². The molecule has 0 aliphatic carbocycles. The van der Waals surface area contributed by atoms with Crippen LogP contribution in [0, 0.1) is 5.92 Å². The number of halogens is 2. The molecule has 2 heterocycles. The maximum atomic E-state index is 12.9. The Hall–Kier alpha value is -2.42. The lowest BCUT2D eigenvalue weighted by molar-refractivity contribution is -0.126. The molecule has 3 N–H and O–H groups in total. The summed E-state index contributed by atoms with van der Waals surface area (Å²) in [6.45, 7) is 1.89. The number of benzene rings is 1. The molecule has 8 nitrogen and oxygen atoms in total. The number of nitrogens with one attached hydrogen (secondary N) is 1. The highest BCUT2D eigenvalue weighted by Crippen LogP contribution is 2.23. The van der Waals surface area contributed by atoms with Crippen molar-refractivity contribution in [1.82, 2.24) is 20.2 Å². The van der Waals surface area contributed by atoms with Gasteiger partial charge in [0.25, 0.3) is 5.91 Å². The van der Waals surface area contributed by atoms with Crippen LogP contribution in [0.2, 0.25) is 0 Å². The summed E-state index contributed by atoms with van der Waals surface area (Å²) in [6, 6.07) is 6.93. The van der Waals surface area contributed by atoms with E-state index in [4.69, 9.17) is 10.5 Å². The van der Waals surface area contributed by atoms with Gasteiger partial charge in [0.1, 0.15) is 5.75 Å². The van der Waals surface area contributed by atoms with E-state index >= 15 is 0 Å². The van der Waals surface area contributed by atoms with Crippen LogP contribution in [-0.4, -0.2) is 52.9 Å². The van der Waals surface area contributed by atoms with Crippen LogP contribution >= 0.6 is 24.8 Å². The van der Waals surface area contributed by atoms with Crippen LogP contribution in [0.1, 0.15) is 23.2 Å². The molecule has 1 aliphatic heterocycles. The average molecular weight is 442 g/mol. The standard InChI is InChI=1S/C19H23N5O3.2ClH/c20-6-7-23-18(25)15-4-2-10-24(13-15)19(26)14-3-1-5-16(11-14)27-17-12-21-8-9-22-17;;/h1,3,5,8-9,11-12,15H,2,4,6-7,10,13,20H2,(H,23,25);2*1H. The molecular weight excluding hydrogens is 417 g/mol. The fraction of sp³-hybridized carbons (Fsp3) is 0.368. The molecule has 158 valence electrons. The van der Waals surface area contributed by atoms with E-state index in [2.05, 4.69) is 15.3 Å². The van der Waals surface area contributed by atoms with Gasteiger partial charge in [0.15, 0.2) is 0 Å². The number of nitrogens with zero attached hydrogens (tertiary/aromatic N) is 3. The summed E-state index contributed by atoms with van der Waals surface area (Å²) in [6.07, 6.45) is 6.17. The Bertz CT molecular complexity index is 794. The molecule has 10 heteroatoms.